The van der Waals surface area contributed by atoms with Crippen LogP contribution in [0.15, 0.2) is 65.3 Å². The van der Waals surface area contributed by atoms with Gasteiger partial charge in [0.2, 0.25) is 5.71 Å². The zero-order valence-electron chi connectivity index (χ0n) is 14.1. The maximum atomic E-state index is 5.91. The van der Waals surface area contributed by atoms with Gasteiger partial charge in [0.25, 0.3) is 0 Å². The van der Waals surface area contributed by atoms with Gasteiger partial charge in [0.05, 0.1) is 5.39 Å². The lowest BCUT2D eigenvalue weighted by atomic mass is 10.0. The van der Waals surface area contributed by atoms with E-state index >= 15 is 0 Å². The van der Waals surface area contributed by atoms with E-state index in [0.717, 1.165) is 35.6 Å². The molecule has 5 rings (SSSR count). The lowest BCUT2D eigenvalue weighted by molar-refractivity contribution is 0.570. The molecule has 0 radical (unpaired) electrons. The van der Waals surface area contributed by atoms with Gasteiger partial charge < -0.3 is 9.32 Å². The second kappa shape index (κ2) is 5.92. The van der Waals surface area contributed by atoms with Crippen LogP contribution in [0, 0.1) is 0 Å². The van der Waals surface area contributed by atoms with E-state index < -0.39 is 0 Å². The fourth-order valence-corrected chi connectivity index (χ4v) is 3.92. The van der Waals surface area contributed by atoms with Crippen LogP contribution < -0.4 is 4.90 Å². The van der Waals surface area contributed by atoms with Crippen LogP contribution in [0.2, 0.25) is 0 Å². The number of aromatic nitrogens is 1. The van der Waals surface area contributed by atoms with Crippen molar-refractivity contribution in [2.75, 3.05) is 18.0 Å². The van der Waals surface area contributed by atoms with E-state index in [2.05, 4.69) is 53.4 Å². The third kappa shape index (κ3) is 2.39. The van der Waals surface area contributed by atoms with Crippen LogP contribution >= 0.6 is 0 Å². The number of pyridine rings is 1. The third-order valence-electron chi connectivity index (χ3n) is 5.16. The summed E-state index contributed by atoms with van der Waals surface area (Å²) in [6.07, 6.45) is 5.64. The van der Waals surface area contributed by atoms with Crippen molar-refractivity contribution in [3.8, 4) is 11.1 Å². The van der Waals surface area contributed by atoms with Crippen molar-refractivity contribution >= 4 is 27.7 Å². The highest BCUT2D eigenvalue weighted by Gasteiger charge is 2.20. The molecule has 2 aromatic heterocycles. The molecular formula is C22H20N2O. The minimum Gasteiger partial charge on any atom is -0.445 e. The molecule has 0 atom stereocenters. The molecule has 3 heteroatoms. The molecule has 25 heavy (non-hydrogen) atoms. The molecule has 0 N–H and O–H groups in total. The third-order valence-corrected chi connectivity index (χ3v) is 5.16. The average Bonchev–Trinajstić information content (AvgIpc) is 3.13. The number of hydrogen-bond donors (Lipinski definition) is 0. The summed E-state index contributed by atoms with van der Waals surface area (Å²) in [6.45, 7) is 2.16. The smallest absolute Gasteiger partial charge is 0.229 e. The Kier molecular flexibility index (Phi) is 3.44. The first-order valence-electron chi connectivity index (χ1n) is 9.02. The molecule has 0 bridgehead atoms. The van der Waals surface area contributed by atoms with E-state index in [0.29, 0.717) is 0 Å². The second-order valence-corrected chi connectivity index (χ2v) is 6.72. The Morgan fingerprint density at radius 2 is 1.52 bits per heavy atom. The molecule has 0 aliphatic carbocycles. The quantitative estimate of drug-likeness (QED) is 0.477. The van der Waals surface area contributed by atoms with E-state index in [-0.39, 0.29) is 0 Å². The molecule has 0 unspecified atom stereocenters. The van der Waals surface area contributed by atoms with E-state index in [1.54, 1.807) is 0 Å². The van der Waals surface area contributed by atoms with Gasteiger partial charge in [-0.3, -0.25) is 0 Å². The van der Waals surface area contributed by atoms with Crippen LogP contribution in [-0.4, -0.2) is 18.1 Å². The summed E-state index contributed by atoms with van der Waals surface area (Å²) in [5, 5.41) is 3.55. The number of anilines is 1. The van der Waals surface area contributed by atoms with Gasteiger partial charge in [0.15, 0.2) is 0 Å². The Hall–Kier alpha value is -2.81. The number of rotatable bonds is 2. The number of nitrogens with zero attached hydrogens (tertiary/aromatic N) is 2. The molecule has 1 aliphatic heterocycles. The van der Waals surface area contributed by atoms with Crippen molar-refractivity contribution in [1.29, 1.82) is 0 Å². The van der Waals surface area contributed by atoms with E-state index in [4.69, 9.17) is 9.40 Å². The summed E-state index contributed by atoms with van der Waals surface area (Å²) in [7, 11) is 0. The number of piperidine rings is 1. The molecular weight excluding hydrogens is 308 g/mol. The SMILES string of the molecule is c1ccc(-c2coc3nc(N4CCCCC4)c4ccccc4c23)cc1. The van der Waals surface area contributed by atoms with Crippen molar-refractivity contribution in [2.45, 2.75) is 19.3 Å². The van der Waals surface area contributed by atoms with Crippen molar-refractivity contribution in [3.05, 3.63) is 60.9 Å². The minimum atomic E-state index is 0.734. The highest BCUT2D eigenvalue weighted by Crippen LogP contribution is 2.38. The fraction of sp³-hybridized carbons (Fsp3) is 0.227. The summed E-state index contributed by atoms with van der Waals surface area (Å²) in [5.74, 6) is 1.07. The van der Waals surface area contributed by atoms with Gasteiger partial charge in [0, 0.05) is 24.0 Å². The van der Waals surface area contributed by atoms with Gasteiger partial charge >= 0.3 is 0 Å². The predicted molar refractivity (Wildman–Crippen MR) is 103 cm³/mol. The Bertz CT molecular complexity index is 1030. The second-order valence-electron chi connectivity index (χ2n) is 6.72. The summed E-state index contributed by atoms with van der Waals surface area (Å²) in [4.78, 5) is 7.35. The Morgan fingerprint density at radius 3 is 2.32 bits per heavy atom. The highest BCUT2D eigenvalue weighted by atomic mass is 16.3. The van der Waals surface area contributed by atoms with Crippen LogP contribution in [0.5, 0.6) is 0 Å². The predicted octanol–water partition coefficient (Wildman–Crippen LogP) is 5.64. The average molecular weight is 328 g/mol. The van der Waals surface area contributed by atoms with E-state index in [1.807, 2.05) is 12.3 Å². The number of benzene rings is 2. The van der Waals surface area contributed by atoms with Crippen LogP contribution in [0.1, 0.15) is 19.3 Å². The van der Waals surface area contributed by atoms with E-state index in [1.165, 1.54) is 35.6 Å². The van der Waals surface area contributed by atoms with Crippen LogP contribution in [0.25, 0.3) is 33.0 Å². The number of furan rings is 1. The lowest BCUT2D eigenvalue weighted by Gasteiger charge is -2.28. The first kappa shape index (κ1) is 14.5. The number of hydrogen-bond acceptors (Lipinski definition) is 3. The van der Waals surface area contributed by atoms with Gasteiger partial charge in [-0.1, -0.05) is 54.6 Å². The molecule has 0 amide bonds. The molecule has 4 aromatic rings. The maximum absolute atomic E-state index is 5.91. The zero-order chi connectivity index (χ0) is 16.6. The van der Waals surface area contributed by atoms with Gasteiger partial charge in [-0.05, 0) is 30.2 Å². The Balaban J connectivity index is 1.79. The van der Waals surface area contributed by atoms with Crippen molar-refractivity contribution in [1.82, 2.24) is 4.98 Å². The summed E-state index contributed by atoms with van der Waals surface area (Å²) >= 11 is 0. The molecule has 1 aliphatic rings. The highest BCUT2D eigenvalue weighted by molar-refractivity contribution is 6.14. The Morgan fingerprint density at radius 1 is 0.800 bits per heavy atom. The molecule has 0 saturated carbocycles. The van der Waals surface area contributed by atoms with Gasteiger partial charge in [-0.15, -0.1) is 0 Å². The summed E-state index contributed by atoms with van der Waals surface area (Å²) in [6, 6.07) is 19.0. The van der Waals surface area contributed by atoms with Crippen molar-refractivity contribution < 1.29 is 4.42 Å². The molecule has 0 spiro atoms. The molecule has 2 aromatic carbocycles. The van der Waals surface area contributed by atoms with Crippen molar-refractivity contribution in [3.63, 3.8) is 0 Å². The molecule has 124 valence electrons. The maximum Gasteiger partial charge on any atom is 0.229 e. The van der Waals surface area contributed by atoms with Crippen LogP contribution in [-0.2, 0) is 0 Å². The fourth-order valence-electron chi connectivity index (χ4n) is 3.92. The van der Waals surface area contributed by atoms with Crippen molar-refractivity contribution in [2.24, 2.45) is 0 Å². The molecule has 1 fully saturated rings. The first-order valence-corrected chi connectivity index (χ1v) is 9.02. The Labute approximate surface area is 146 Å². The van der Waals surface area contributed by atoms with Gasteiger partial charge in [-0.25, -0.2) is 0 Å². The topological polar surface area (TPSA) is 29.3 Å². The van der Waals surface area contributed by atoms with Crippen LogP contribution in [0.4, 0.5) is 5.82 Å². The molecule has 1 saturated heterocycles. The lowest BCUT2D eigenvalue weighted by Crippen LogP contribution is -2.30. The monoisotopic (exact) mass is 328 g/mol. The first-order chi connectivity index (χ1) is 12.4. The van der Waals surface area contributed by atoms with E-state index in [9.17, 15) is 0 Å². The summed E-state index contributed by atoms with van der Waals surface area (Å²) in [5.41, 5.74) is 3.02. The van der Waals surface area contributed by atoms with Gasteiger partial charge in [-0.2, -0.15) is 4.98 Å². The molecule has 3 heterocycles. The largest absolute Gasteiger partial charge is 0.445 e. The molecule has 3 nitrogen and oxygen atoms in total. The minimum absolute atomic E-state index is 0.734. The zero-order valence-corrected chi connectivity index (χ0v) is 14.1. The standard InChI is InChI=1S/C22H20N2O/c1-3-9-16(10-4-1)19-15-25-22-20(19)17-11-5-6-12-18(17)21(23-22)24-13-7-2-8-14-24/h1,3-6,9-12,15H,2,7-8,13-14H2. The van der Waals surface area contributed by atoms with Gasteiger partial charge in [0.1, 0.15) is 12.1 Å². The number of fused-ring (bicyclic) bond motifs is 3. The summed E-state index contributed by atoms with van der Waals surface area (Å²) < 4.78 is 5.91. The van der Waals surface area contributed by atoms with Crippen LogP contribution in [0.3, 0.4) is 0 Å². The normalized spacial score (nSPS) is 15.1.